The van der Waals surface area contributed by atoms with Crippen LogP contribution in [0.5, 0.6) is 0 Å². The van der Waals surface area contributed by atoms with Crippen LogP contribution >= 0.6 is 11.6 Å². The molecule has 0 amide bonds. The fourth-order valence-corrected chi connectivity index (χ4v) is 2.46. The van der Waals surface area contributed by atoms with Crippen molar-refractivity contribution in [3.8, 4) is 0 Å². The van der Waals surface area contributed by atoms with Crippen LogP contribution in [0.1, 0.15) is 12.0 Å². The summed E-state index contributed by atoms with van der Waals surface area (Å²) in [6.45, 7) is 0.379. The van der Waals surface area contributed by atoms with E-state index < -0.39 is 10.2 Å². The maximum absolute atomic E-state index is 11.8. The quantitative estimate of drug-likeness (QED) is 0.787. The number of hydrogen-bond acceptors (Lipinski definition) is 3. The predicted molar refractivity (Wildman–Crippen MR) is 71.5 cm³/mol. The smallest absolute Gasteiger partial charge is 0.279 e. The molecule has 1 rings (SSSR count). The number of halogens is 1. The van der Waals surface area contributed by atoms with Gasteiger partial charge in [0.2, 0.25) is 0 Å². The molecule has 1 aromatic rings. The van der Waals surface area contributed by atoms with Crippen molar-refractivity contribution in [1.29, 1.82) is 0 Å². The van der Waals surface area contributed by atoms with Gasteiger partial charge in [0.15, 0.2) is 0 Å². The van der Waals surface area contributed by atoms with Crippen molar-refractivity contribution in [2.75, 3.05) is 20.2 Å². The van der Waals surface area contributed by atoms with Crippen molar-refractivity contribution in [3.63, 3.8) is 0 Å². The molecule has 0 unspecified atom stereocenters. The monoisotopic (exact) mass is 292 g/mol. The molecule has 0 radical (unpaired) electrons. The van der Waals surface area contributed by atoms with Gasteiger partial charge in [-0.3, -0.25) is 0 Å². The summed E-state index contributed by atoms with van der Waals surface area (Å²) in [4.78, 5) is 0. The van der Waals surface area contributed by atoms with E-state index in [1.165, 1.54) is 11.4 Å². The van der Waals surface area contributed by atoms with Crippen molar-refractivity contribution in [3.05, 3.63) is 34.9 Å². The van der Waals surface area contributed by atoms with E-state index >= 15 is 0 Å². The lowest BCUT2D eigenvalue weighted by Gasteiger charge is -2.17. The molecular formula is C11H17ClN2O3S. The normalized spacial score (nSPS) is 12.0. The van der Waals surface area contributed by atoms with Crippen molar-refractivity contribution >= 4 is 21.8 Å². The number of aliphatic hydroxyl groups excluding tert-OH is 1. The van der Waals surface area contributed by atoms with Crippen molar-refractivity contribution in [2.24, 2.45) is 0 Å². The Bertz CT molecular complexity index is 479. The summed E-state index contributed by atoms with van der Waals surface area (Å²) in [7, 11) is -2.07. The number of aliphatic hydroxyl groups is 1. The van der Waals surface area contributed by atoms with E-state index in [-0.39, 0.29) is 19.7 Å². The summed E-state index contributed by atoms with van der Waals surface area (Å²) in [6.07, 6.45) is 0.406. The van der Waals surface area contributed by atoms with E-state index in [4.69, 9.17) is 16.7 Å². The molecular weight excluding hydrogens is 276 g/mol. The zero-order valence-corrected chi connectivity index (χ0v) is 11.7. The third kappa shape index (κ3) is 4.55. The highest BCUT2D eigenvalue weighted by atomic mass is 35.5. The Labute approximate surface area is 113 Å². The van der Waals surface area contributed by atoms with Crippen LogP contribution in [0.2, 0.25) is 5.02 Å². The Kier molecular flexibility index (Phi) is 6.04. The fourth-order valence-electron chi connectivity index (χ4n) is 1.33. The Morgan fingerprint density at radius 1 is 1.39 bits per heavy atom. The molecule has 0 fully saturated rings. The second-order valence-corrected chi connectivity index (χ2v) is 6.09. The van der Waals surface area contributed by atoms with Crippen LogP contribution in [0.25, 0.3) is 0 Å². The topological polar surface area (TPSA) is 69.6 Å². The van der Waals surface area contributed by atoms with Crippen molar-refractivity contribution < 1.29 is 13.5 Å². The van der Waals surface area contributed by atoms with Crippen LogP contribution in [-0.4, -0.2) is 38.0 Å². The third-order valence-electron chi connectivity index (χ3n) is 2.44. The number of benzene rings is 1. The maximum atomic E-state index is 11.8. The lowest BCUT2D eigenvalue weighted by Crippen LogP contribution is -2.38. The van der Waals surface area contributed by atoms with E-state index in [2.05, 4.69) is 4.72 Å². The fraction of sp³-hybridized carbons (Fsp3) is 0.455. The molecule has 0 aliphatic rings. The van der Waals surface area contributed by atoms with Gasteiger partial charge in [0, 0.05) is 31.8 Å². The van der Waals surface area contributed by atoms with E-state index in [0.717, 1.165) is 5.56 Å². The first-order chi connectivity index (χ1) is 8.47. The molecule has 2 N–H and O–H groups in total. The van der Waals surface area contributed by atoms with E-state index in [0.29, 0.717) is 11.4 Å². The third-order valence-corrected chi connectivity index (χ3v) is 4.33. The van der Waals surface area contributed by atoms with Gasteiger partial charge < -0.3 is 5.11 Å². The summed E-state index contributed by atoms with van der Waals surface area (Å²) in [5, 5.41) is 9.19. The zero-order valence-electron chi connectivity index (χ0n) is 10.1. The van der Waals surface area contributed by atoms with Crippen molar-refractivity contribution in [1.82, 2.24) is 9.03 Å². The van der Waals surface area contributed by atoms with Gasteiger partial charge in [-0.15, -0.1) is 0 Å². The van der Waals surface area contributed by atoms with Gasteiger partial charge in [0.1, 0.15) is 0 Å². The summed E-state index contributed by atoms with van der Waals surface area (Å²) >= 11 is 5.93. The molecule has 0 spiro atoms. The lowest BCUT2D eigenvalue weighted by atomic mass is 10.2. The molecule has 1 aromatic carbocycles. The summed E-state index contributed by atoms with van der Waals surface area (Å²) < 4.78 is 27.2. The minimum atomic E-state index is -3.53. The van der Waals surface area contributed by atoms with E-state index in [1.807, 2.05) is 0 Å². The predicted octanol–water partition coefficient (Wildman–Crippen LogP) is 0.989. The van der Waals surface area contributed by atoms with Gasteiger partial charge in [-0.2, -0.15) is 17.4 Å². The molecule has 0 saturated heterocycles. The van der Waals surface area contributed by atoms with Gasteiger partial charge in [-0.05, 0) is 18.1 Å². The first-order valence-electron chi connectivity index (χ1n) is 5.52. The molecule has 7 heteroatoms. The minimum Gasteiger partial charge on any atom is -0.396 e. The molecule has 102 valence electrons. The summed E-state index contributed by atoms with van der Waals surface area (Å²) in [6, 6.07) is 7.05. The second kappa shape index (κ2) is 7.06. The Balaban J connectivity index is 2.59. The van der Waals surface area contributed by atoms with Crippen molar-refractivity contribution in [2.45, 2.75) is 13.0 Å². The SMILES string of the molecule is CN(CCCO)S(=O)(=O)NCc1ccccc1Cl. The number of nitrogens with zero attached hydrogens (tertiary/aromatic N) is 1. The summed E-state index contributed by atoms with van der Waals surface area (Å²) in [5.74, 6) is 0. The second-order valence-electron chi connectivity index (χ2n) is 3.82. The molecule has 0 aliphatic carbocycles. The highest BCUT2D eigenvalue weighted by Gasteiger charge is 2.16. The highest BCUT2D eigenvalue weighted by molar-refractivity contribution is 7.87. The number of rotatable bonds is 7. The highest BCUT2D eigenvalue weighted by Crippen LogP contribution is 2.14. The van der Waals surface area contributed by atoms with Crippen LogP contribution in [0.3, 0.4) is 0 Å². The van der Waals surface area contributed by atoms with Gasteiger partial charge in [-0.1, -0.05) is 29.8 Å². The molecule has 0 heterocycles. The molecule has 0 aromatic heterocycles. The first kappa shape index (κ1) is 15.4. The zero-order chi connectivity index (χ0) is 13.6. The van der Waals surface area contributed by atoms with Crippen LogP contribution < -0.4 is 4.72 Å². The van der Waals surface area contributed by atoms with Gasteiger partial charge in [0.05, 0.1) is 0 Å². The molecule has 0 bridgehead atoms. The van der Waals surface area contributed by atoms with E-state index in [1.54, 1.807) is 24.3 Å². The average molecular weight is 293 g/mol. The summed E-state index contributed by atoms with van der Waals surface area (Å²) in [5.41, 5.74) is 0.721. The Morgan fingerprint density at radius 2 is 2.06 bits per heavy atom. The number of hydrogen-bond donors (Lipinski definition) is 2. The Morgan fingerprint density at radius 3 is 2.67 bits per heavy atom. The molecule has 0 atom stereocenters. The molecule has 18 heavy (non-hydrogen) atoms. The standard InChI is InChI=1S/C11H17ClN2O3S/c1-14(7-4-8-15)18(16,17)13-9-10-5-2-3-6-11(10)12/h2-3,5-6,13,15H,4,7-9H2,1H3. The Hall–Kier alpha value is -0.660. The lowest BCUT2D eigenvalue weighted by molar-refractivity contribution is 0.275. The van der Waals surface area contributed by atoms with Gasteiger partial charge in [0.25, 0.3) is 10.2 Å². The van der Waals surface area contributed by atoms with Gasteiger partial charge in [-0.25, -0.2) is 0 Å². The van der Waals surface area contributed by atoms with Crippen LogP contribution in [0, 0.1) is 0 Å². The first-order valence-corrected chi connectivity index (χ1v) is 7.34. The molecule has 0 saturated carbocycles. The van der Waals surface area contributed by atoms with Gasteiger partial charge >= 0.3 is 0 Å². The minimum absolute atomic E-state index is 0.0373. The molecule has 5 nitrogen and oxygen atoms in total. The van der Waals surface area contributed by atoms with E-state index in [9.17, 15) is 8.42 Å². The maximum Gasteiger partial charge on any atom is 0.279 e. The van der Waals surface area contributed by atoms with Crippen LogP contribution in [0.4, 0.5) is 0 Å². The number of nitrogens with one attached hydrogen (secondary N) is 1. The molecule has 0 aliphatic heterocycles. The van der Waals surface area contributed by atoms with Crippen LogP contribution in [0.15, 0.2) is 24.3 Å². The average Bonchev–Trinajstić information content (AvgIpc) is 2.35. The van der Waals surface area contributed by atoms with Crippen LogP contribution in [-0.2, 0) is 16.8 Å². The largest absolute Gasteiger partial charge is 0.396 e.